The molecule has 1 N–H and O–H groups in total. The van der Waals surface area contributed by atoms with Crippen molar-refractivity contribution in [3.05, 3.63) is 66.4 Å². The lowest BCUT2D eigenvalue weighted by molar-refractivity contribution is 0.0927. The van der Waals surface area contributed by atoms with Gasteiger partial charge in [-0.25, -0.2) is 9.67 Å². The zero-order valence-corrected chi connectivity index (χ0v) is 14.5. The van der Waals surface area contributed by atoms with Gasteiger partial charge >= 0.3 is 0 Å². The number of nitrogens with zero attached hydrogens (tertiary/aromatic N) is 4. The van der Waals surface area contributed by atoms with E-state index in [1.807, 2.05) is 63.2 Å². The Kier molecular flexibility index (Phi) is 4.88. The van der Waals surface area contributed by atoms with E-state index < -0.39 is 0 Å². The molecule has 6 heteroatoms. The first-order valence-corrected chi connectivity index (χ1v) is 8.24. The average Bonchev–Trinajstić information content (AvgIpc) is 3.16. The van der Waals surface area contributed by atoms with Crippen molar-refractivity contribution in [2.45, 2.75) is 32.9 Å². The van der Waals surface area contributed by atoms with Crippen LogP contribution in [-0.2, 0) is 0 Å². The minimum absolute atomic E-state index is 0.00306. The molecule has 0 unspecified atom stereocenters. The maximum atomic E-state index is 12.6. The highest BCUT2D eigenvalue weighted by molar-refractivity contribution is 5.95. The summed E-state index contributed by atoms with van der Waals surface area (Å²) in [5.74, 6) is -0.135. The number of carbonyl (C=O) groups excluding carboxylic acids is 1. The Morgan fingerprint density at radius 1 is 1.12 bits per heavy atom. The highest BCUT2D eigenvalue weighted by Crippen LogP contribution is 2.19. The zero-order chi connectivity index (χ0) is 17.8. The number of aryl methyl sites for hydroxylation is 1. The molecule has 3 rings (SSSR count). The summed E-state index contributed by atoms with van der Waals surface area (Å²) in [6.45, 7) is 5.79. The van der Waals surface area contributed by atoms with Crippen LogP contribution in [0.25, 0.3) is 11.3 Å². The highest BCUT2D eigenvalue weighted by Gasteiger charge is 2.19. The van der Waals surface area contributed by atoms with Gasteiger partial charge in [-0.2, -0.15) is 5.10 Å². The van der Waals surface area contributed by atoms with Crippen LogP contribution in [0.3, 0.4) is 0 Å². The summed E-state index contributed by atoms with van der Waals surface area (Å²) in [5, 5.41) is 7.14. The lowest BCUT2D eigenvalue weighted by Gasteiger charge is -2.21. The molecule has 0 bridgehead atoms. The summed E-state index contributed by atoms with van der Waals surface area (Å²) in [5.41, 5.74) is 3.18. The van der Waals surface area contributed by atoms with Crippen molar-refractivity contribution in [1.82, 2.24) is 25.1 Å². The fourth-order valence-corrected chi connectivity index (χ4v) is 2.63. The molecule has 0 aliphatic carbocycles. The van der Waals surface area contributed by atoms with Crippen LogP contribution in [0, 0.1) is 6.92 Å². The Bertz CT molecular complexity index is 846. The monoisotopic (exact) mass is 335 g/mol. The Hall–Kier alpha value is -3.02. The zero-order valence-electron chi connectivity index (χ0n) is 14.5. The summed E-state index contributed by atoms with van der Waals surface area (Å²) in [7, 11) is 0. The van der Waals surface area contributed by atoms with Crippen LogP contribution >= 0.6 is 0 Å². The number of hydrogen-bond donors (Lipinski definition) is 1. The van der Waals surface area contributed by atoms with Gasteiger partial charge < -0.3 is 5.32 Å². The molecule has 0 saturated carbocycles. The van der Waals surface area contributed by atoms with Gasteiger partial charge in [-0.05, 0) is 32.9 Å². The lowest BCUT2D eigenvalue weighted by atomic mass is 10.1. The molecule has 25 heavy (non-hydrogen) atoms. The smallest absolute Gasteiger partial charge is 0.253 e. The van der Waals surface area contributed by atoms with Crippen LogP contribution in [0.4, 0.5) is 0 Å². The fourth-order valence-electron chi connectivity index (χ4n) is 2.63. The van der Waals surface area contributed by atoms with E-state index in [0.717, 1.165) is 11.3 Å². The van der Waals surface area contributed by atoms with Crippen LogP contribution in [0.15, 0.2) is 55.1 Å². The van der Waals surface area contributed by atoms with Crippen LogP contribution in [0.2, 0.25) is 0 Å². The third-order valence-corrected chi connectivity index (χ3v) is 4.34. The molecule has 6 nitrogen and oxygen atoms in total. The molecule has 0 fully saturated rings. The number of amides is 1. The van der Waals surface area contributed by atoms with Gasteiger partial charge in [0, 0.05) is 11.6 Å². The summed E-state index contributed by atoms with van der Waals surface area (Å²) in [6.07, 6.45) is 3.14. The second kappa shape index (κ2) is 7.25. The molecule has 0 radical (unpaired) electrons. The van der Waals surface area contributed by atoms with E-state index in [-0.39, 0.29) is 18.0 Å². The predicted molar refractivity (Wildman–Crippen MR) is 96.1 cm³/mol. The van der Waals surface area contributed by atoms with Crippen molar-refractivity contribution in [3.63, 3.8) is 0 Å². The maximum absolute atomic E-state index is 12.6. The van der Waals surface area contributed by atoms with Crippen molar-refractivity contribution >= 4 is 5.91 Å². The molecule has 1 amide bonds. The third-order valence-electron chi connectivity index (χ3n) is 4.34. The van der Waals surface area contributed by atoms with Gasteiger partial charge in [0.1, 0.15) is 12.7 Å². The van der Waals surface area contributed by atoms with E-state index in [1.54, 1.807) is 11.0 Å². The molecule has 0 aliphatic rings. The first-order valence-electron chi connectivity index (χ1n) is 8.24. The van der Waals surface area contributed by atoms with Crippen molar-refractivity contribution in [2.24, 2.45) is 0 Å². The number of nitrogens with one attached hydrogen (secondary N) is 1. The minimum Gasteiger partial charge on any atom is -0.347 e. The Labute approximate surface area is 146 Å². The van der Waals surface area contributed by atoms with Crippen molar-refractivity contribution in [2.75, 3.05) is 0 Å². The van der Waals surface area contributed by atoms with Crippen LogP contribution < -0.4 is 5.32 Å². The Balaban J connectivity index is 1.74. The van der Waals surface area contributed by atoms with E-state index in [9.17, 15) is 4.79 Å². The number of carbonyl (C=O) groups is 1. The quantitative estimate of drug-likeness (QED) is 0.778. The number of rotatable bonds is 5. The molecule has 0 saturated heterocycles. The SMILES string of the molecule is Cc1nc(-c2ccccc2)ccc1C(=O)N[C@@H](C)[C@H](C)n1cncn1. The van der Waals surface area contributed by atoms with Crippen molar-refractivity contribution in [3.8, 4) is 11.3 Å². The second-order valence-corrected chi connectivity index (χ2v) is 6.07. The van der Waals surface area contributed by atoms with Gasteiger partial charge in [-0.3, -0.25) is 9.78 Å². The van der Waals surface area contributed by atoms with Gasteiger partial charge in [0.15, 0.2) is 0 Å². The summed E-state index contributed by atoms with van der Waals surface area (Å²) < 4.78 is 1.73. The van der Waals surface area contributed by atoms with Crippen LogP contribution in [-0.4, -0.2) is 31.7 Å². The molecule has 3 aromatic rings. The maximum Gasteiger partial charge on any atom is 0.253 e. The van der Waals surface area contributed by atoms with Gasteiger partial charge in [0.2, 0.25) is 0 Å². The van der Waals surface area contributed by atoms with Gasteiger partial charge in [-0.1, -0.05) is 30.3 Å². The third kappa shape index (κ3) is 3.74. The average molecular weight is 335 g/mol. The van der Waals surface area contributed by atoms with Crippen molar-refractivity contribution < 1.29 is 4.79 Å². The number of pyridine rings is 1. The second-order valence-electron chi connectivity index (χ2n) is 6.07. The molecule has 0 spiro atoms. The number of benzene rings is 1. The van der Waals surface area contributed by atoms with Gasteiger partial charge in [0.25, 0.3) is 5.91 Å². The largest absolute Gasteiger partial charge is 0.347 e. The first kappa shape index (κ1) is 16.8. The fraction of sp³-hybridized carbons (Fsp3) is 0.263. The van der Waals surface area contributed by atoms with E-state index in [1.165, 1.54) is 6.33 Å². The van der Waals surface area contributed by atoms with Crippen molar-refractivity contribution in [1.29, 1.82) is 0 Å². The van der Waals surface area contributed by atoms with E-state index >= 15 is 0 Å². The summed E-state index contributed by atoms with van der Waals surface area (Å²) in [6, 6.07) is 13.5. The van der Waals surface area contributed by atoms with E-state index in [4.69, 9.17) is 0 Å². The normalized spacial score (nSPS) is 13.2. The number of aromatic nitrogens is 4. The topological polar surface area (TPSA) is 72.7 Å². The minimum atomic E-state index is -0.135. The Morgan fingerprint density at radius 2 is 1.88 bits per heavy atom. The Morgan fingerprint density at radius 3 is 2.52 bits per heavy atom. The van der Waals surface area contributed by atoms with E-state index in [2.05, 4.69) is 20.4 Å². The first-order chi connectivity index (χ1) is 12.1. The molecule has 2 aromatic heterocycles. The predicted octanol–water partition coefficient (Wildman–Crippen LogP) is 3.03. The molecule has 0 aliphatic heterocycles. The molecule has 1 aromatic carbocycles. The van der Waals surface area contributed by atoms with E-state index in [0.29, 0.717) is 11.3 Å². The molecular weight excluding hydrogens is 314 g/mol. The summed E-state index contributed by atoms with van der Waals surface area (Å²) >= 11 is 0. The van der Waals surface area contributed by atoms with Gasteiger partial charge in [0.05, 0.1) is 23.0 Å². The lowest BCUT2D eigenvalue weighted by Crippen LogP contribution is -2.38. The molecule has 2 atom stereocenters. The van der Waals surface area contributed by atoms with Crippen LogP contribution in [0.1, 0.15) is 35.9 Å². The summed E-state index contributed by atoms with van der Waals surface area (Å²) in [4.78, 5) is 21.1. The molecule has 128 valence electrons. The molecular formula is C19H21N5O. The van der Waals surface area contributed by atoms with Crippen LogP contribution in [0.5, 0.6) is 0 Å². The number of hydrogen-bond acceptors (Lipinski definition) is 4. The standard InChI is InChI=1S/C19H21N5O/c1-13(15(3)24-12-20-11-21-24)23-19(25)17-9-10-18(22-14(17)2)16-7-5-4-6-8-16/h4-13,15H,1-3H3,(H,23,25)/t13-,15-/m0/s1. The highest BCUT2D eigenvalue weighted by atomic mass is 16.1. The van der Waals surface area contributed by atoms with Gasteiger partial charge in [-0.15, -0.1) is 0 Å². The molecule has 2 heterocycles.